The van der Waals surface area contributed by atoms with Gasteiger partial charge in [0.25, 0.3) is 0 Å². The minimum absolute atomic E-state index is 0.247. The summed E-state index contributed by atoms with van der Waals surface area (Å²) < 4.78 is 8.35. The normalized spacial score (nSPS) is 17.3. The van der Waals surface area contributed by atoms with Crippen LogP contribution >= 0.6 is 15.9 Å². The van der Waals surface area contributed by atoms with Crippen molar-refractivity contribution in [2.45, 2.75) is 83.5 Å². The molecule has 0 N–H and O–H groups in total. The van der Waals surface area contributed by atoms with Gasteiger partial charge in [0.05, 0.1) is 6.10 Å². The van der Waals surface area contributed by atoms with E-state index in [-0.39, 0.29) is 6.10 Å². The first-order valence-corrected chi connectivity index (χ1v) is 12.1. The van der Waals surface area contributed by atoms with Crippen molar-refractivity contribution in [1.82, 2.24) is 0 Å². The second kappa shape index (κ2) is 7.84. The smallest absolute Gasteiger partial charge is 0.201 e. The van der Waals surface area contributed by atoms with Crippen molar-refractivity contribution in [3.8, 4) is 0 Å². The van der Waals surface area contributed by atoms with Crippen molar-refractivity contribution in [2.75, 3.05) is 0 Å². The highest BCUT2D eigenvalue weighted by Crippen LogP contribution is 2.49. The third-order valence-corrected chi connectivity index (χ3v) is 12.4. The zero-order valence-electron chi connectivity index (χ0n) is 15.6. The van der Waals surface area contributed by atoms with Crippen molar-refractivity contribution in [3.05, 3.63) is 34.3 Å². The van der Waals surface area contributed by atoms with Gasteiger partial charge in [0.1, 0.15) is 0 Å². The Balaban J connectivity index is 2.36. The van der Waals surface area contributed by atoms with Gasteiger partial charge in [-0.25, -0.2) is 0 Å². The fourth-order valence-electron chi connectivity index (χ4n) is 4.29. The van der Waals surface area contributed by atoms with Crippen molar-refractivity contribution < 1.29 is 4.43 Å². The number of rotatable bonds is 8. The van der Waals surface area contributed by atoms with Crippen LogP contribution in [0, 0.1) is 5.92 Å². The second-order valence-electron chi connectivity index (χ2n) is 8.12. The molecule has 0 amide bonds. The molecule has 1 atom stereocenters. The molecule has 1 fully saturated rings. The number of hydrogen-bond donors (Lipinski definition) is 0. The molecule has 2 rings (SSSR count). The molecule has 0 unspecified atom stereocenters. The first-order chi connectivity index (χ1) is 10.8. The fraction of sp³-hybridized carbons (Fsp3) is 0.700. The Bertz CT molecular complexity index is 486. The van der Waals surface area contributed by atoms with Crippen LogP contribution in [0.1, 0.15) is 72.5 Å². The molecule has 1 aliphatic carbocycles. The Labute approximate surface area is 152 Å². The van der Waals surface area contributed by atoms with Crippen LogP contribution in [0.2, 0.25) is 16.6 Å². The van der Waals surface area contributed by atoms with E-state index in [9.17, 15) is 0 Å². The Kier molecular flexibility index (Phi) is 6.55. The number of halogens is 1. The standard InChI is InChI=1S/C20H33BrOSi/c1-14(2)23(15(3)4,16(5)6)22-20(13-17-11-12-17)18-9-7-8-10-19(18)21/h7-10,14-17,20H,11-13H2,1-6H3/t20-/m1/s1. The molecule has 23 heavy (non-hydrogen) atoms. The van der Waals surface area contributed by atoms with E-state index in [0.29, 0.717) is 16.6 Å². The van der Waals surface area contributed by atoms with E-state index in [0.717, 1.165) is 5.92 Å². The summed E-state index contributed by atoms with van der Waals surface area (Å²) >= 11 is 3.76. The molecule has 1 aliphatic rings. The molecule has 1 saturated carbocycles. The van der Waals surface area contributed by atoms with Crippen LogP contribution in [-0.4, -0.2) is 8.32 Å². The van der Waals surface area contributed by atoms with Crippen LogP contribution in [0.25, 0.3) is 0 Å². The van der Waals surface area contributed by atoms with Gasteiger partial charge in [-0.3, -0.25) is 0 Å². The zero-order valence-corrected chi connectivity index (χ0v) is 18.2. The minimum Gasteiger partial charge on any atom is -0.409 e. The van der Waals surface area contributed by atoms with Crippen molar-refractivity contribution >= 4 is 24.2 Å². The molecule has 0 heterocycles. The monoisotopic (exact) mass is 396 g/mol. The van der Waals surface area contributed by atoms with Gasteiger partial charge in [-0.15, -0.1) is 0 Å². The molecule has 1 nitrogen and oxygen atoms in total. The molecule has 3 heteroatoms. The molecule has 1 aromatic carbocycles. The van der Waals surface area contributed by atoms with Gasteiger partial charge >= 0.3 is 0 Å². The van der Waals surface area contributed by atoms with Crippen LogP contribution in [-0.2, 0) is 4.43 Å². The molecular formula is C20H33BrOSi. The third kappa shape index (κ3) is 4.29. The molecule has 0 spiro atoms. The van der Waals surface area contributed by atoms with Gasteiger partial charge in [-0.2, -0.15) is 0 Å². The number of hydrogen-bond acceptors (Lipinski definition) is 1. The van der Waals surface area contributed by atoms with E-state index < -0.39 is 8.32 Å². The molecule has 1 aromatic rings. The molecule has 0 bridgehead atoms. The number of benzene rings is 1. The van der Waals surface area contributed by atoms with E-state index in [4.69, 9.17) is 4.43 Å². The Morgan fingerprint density at radius 3 is 1.96 bits per heavy atom. The average molecular weight is 397 g/mol. The van der Waals surface area contributed by atoms with E-state index in [1.807, 2.05) is 0 Å². The third-order valence-electron chi connectivity index (χ3n) is 5.55. The minimum atomic E-state index is -1.86. The average Bonchev–Trinajstić information content (AvgIpc) is 3.26. The highest BCUT2D eigenvalue weighted by Gasteiger charge is 2.47. The van der Waals surface area contributed by atoms with Crippen LogP contribution in [0.5, 0.6) is 0 Å². The van der Waals surface area contributed by atoms with Crippen LogP contribution in [0.4, 0.5) is 0 Å². The van der Waals surface area contributed by atoms with Crippen molar-refractivity contribution in [2.24, 2.45) is 5.92 Å². The van der Waals surface area contributed by atoms with Crippen LogP contribution in [0.15, 0.2) is 28.7 Å². The van der Waals surface area contributed by atoms with Crippen molar-refractivity contribution in [1.29, 1.82) is 0 Å². The largest absolute Gasteiger partial charge is 0.409 e. The van der Waals surface area contributed by atoms with E-state index in [1.165, 1.54) is 29.3 Å². The fourth-order valence-corrected chi connectivity index (χ4v) is 10.4. The Morgan fingerprint density at radius 2 is 1.52 bits per heavy atom. The maximum Gasteiger partial charge on any atom is 0.201 e. The van der Waals surface area contributed by atoms with Crippen LogP contribution in [0.3, 0.4) is 0 Å². The molecule has 0 aromatic heterocycles. The summed E-state index contributed by atoms with van der Waals surface area (Å²) in [6.45, 7) is 14.3. The summed E-state index contributed by atoms with van der Waals surface area (Å²) in [5.74, 6) is 0.866. The maximum absolute atomic E-state index is 7.15. The molecule has 0 radical (unpaired) electrons. The summed E-state index contributed by atoms with van der Waals surface area (Å²) in [6, 6.07) is 8.64. The summed E-state index contributed by atoms with van der Waals surface area (Å²) in [6.07, 6.45) is 4.19. The maximum atomic E-state index is 7.15. The summed E-state index contributed by atoms with van der Waals surface area (Å²) in [5.41, 5.74) is 3.24. The predicted molar refractivity (Wildman–Crippen MR) is 106 cm³/mol. The lowest BCUT2D eigenvalue weighted by molar-refractivity contribution is 0.159. The van der Waals surface area contributed by atoms with Gasteiger partial charge in [-0.05, 0) is 40.6 Å². The second-order valence-corrected chi connectivity index (χ2v) is 14.4. The lowest BCUT2D eigenvalue weighted by Crippen LogP contribution is -2.48. The summed E-state index contributed by atoms with van der Waals surface area (Å²) in [4.78, 5) is 0. The van der Waals surface area contributed by atoms with E-state index in [1.54, 1.807) is 0 Å². The Hall–Kier alpha value is -0.123. The predicted octanol–water partition coefficient (Wildman–Crippen LogP) is 7.48. The molecule has 0 saturated heterocycles. The summed E-state index contributed by atoms with van der Waals surface area (Å²) in [5, 5.41) is 0. The highest BCUT2D eigenvalue weighted by atomic mass is 79.9. The highest BCUT2D eigenvalue weighted by molar-refractivity contribution is 9.10. The summed E-state index contributed by atoms with van der Waals surface area (Å²) in [7, 11) is -1.86. The molecule has 0 aliphatic heterocycles. The van der Waals surface area contributed by atoms with Gasteiger partial charge in [-0.1, -0.05) is 88.5 Å². The molecular weight excluding hydrogens is 364 g/mol. The lowest BCUT2D eigenvalue weighted by atomic mass is 10.0. The van der Waals surface area contributed by atoms with Gasteiger partial charge in [0.15, 0.2) is 0 Å². The van der Waals surface area contributed by atoms with Gasteiger partial charge in [0.2, 0.25) is 8.32 Å². The Morgan fingerprint density at radius 1 is 1.00 bits per heavy atom. The van der Waals surface area contributed by atoms with Crippen molar-refractivity contribution in [3.63, 3.8) is 0 Å². The van der Waals surface area contributed by atoms with Crippen LogP contribution < -0.4 is 0 Å². The topological polar surface area (TPSA) is 9.23 Å². The SMILES string of the molecule is CC(C)[Si](O[C@H](CC1CC1)c1ccccc1Br)(C(C)C)C(C)C. The zero-order chi connectivity index (χ0) is 17.2. The van der Waals surface area contributed by atoms with Gasteiger partial charge in [0, 0.05) is 4.47 Å². The van der Waals surface area contributed by atoms with E-state index in [2.05, 4.69) is 81.7 Å². The first-order valence-electron chi connectivity index (χ1n) is 9.21. The quantitative estimate of drug-likeness (QED) is 0.413. The molecule has 130 valence electrons. The first kappa shape index (κ1) is 19.2. The van der Waals surface area contributed by atoms with E-state index >= 15 is 0 Å². The lowest BCUT2D eigenvalue weighted by Gasteiger charge is -2.45. The van der Waals surface area contributed by atoms with Gasteiger partial charge < -0.3 is 4.43 Å².